The van der Waals surface area contributed by atoms with Crippen molar-refractivity contribution in [3.05, 3.63) is 0 Å². The molecule has 2 N–H and O–H groups in total. The maximum atomic E-state index is 12.1. The number of urea groups is 1. The van der Waals surface area contributed by atoms with E-state index in [4.69, 9.17) is 4.84 Å². The van der Waals surface area contributed by atoms with E-state index in [1.165, 1.54) is 0 Å². The summed E-state index contributed by atoms with van der Waals surface area (Å²) in [5.41, 5.74) is 2.52. The van der Waals surface area contributed by atoms with E-state index in [0.29, 0.717) is 13.0 Å². The molecule has 106 valence electrons. The number of piperidine rings is 1. The lowest BCUT2D eigenvalue weighted by molar-refractivity contribution is -0.142. The second kappa shape index (κ2) is 4.97. The molecule has 3 amide bonds. The fourth-order valence-corrected chi connectivity index (χ4v) is 3.05. The second-order valence-corrected chi connectivity index (χ2v) is 5.49. The molecule has 0 aromatic rings. The molecule has 7 heteroatoms. The van der Waals surface area contributed by atoms with Crippen LogP contribution in [-0.2, 0) is 9.63 Å². The van der Waals surface area contributed by atoms with Gasteiger partial charge in [-0.3, -0.25) is 9.63 Å². The Hall–Kier alpha value is -1.34. The van der Waals surface area contributed by atoms with Gasteiger partial charge in [-0.1, -0.05) is 0 Å². The highest BCUT2D eigenvalue weighted by molar-refractivity contribution is 5.88. The summed E-state index contributed by atoms with van der Waals surface area (Å²) in [7, 11) is 1.80. The Morgan fingerprint density at radius 3 is 3.00 bits per heavy atom. The molecular formula is C12H20N4O3. The average Bonchev–Trinajstić information content (AvgIpc) is 3.01. The summed E-state index contributed by atoms with van der Waals surface area (Å²) in [6, 6.07) is -0.176. The van der Waals surface area contributed by atoms with Crippen molar-refractivity contribution in [2.24, 2.45) is 0 Å². The van der Waals surface area contributed by atoms with Crippen molar-refractivity contribution in [3.63, 3.8) is 0 Å². The molecule has 2 bridgehead atoms. The number of hydroxylamine groups is 1. The summed E-state index contributed by atoms with van der Waals surface area (Å²) in [6.45, 7) is 2.33. The molecule has 3 saturated heterocycles. The van der Waals surface area contributed by atoms with Crippen molar-refractivity contribution >= 4 is 11.9 Å². The van der Waals surface area contributed by atoms with Crippen molar-refractivity contribution in [2.75, 3.05) is 26.7 Å². The third-order valence-electron chi connectivity index (χ3n) is 4.30. The summed E-state index contributed by atoms with van der Waals surface area (Å²) in [5.74, 6) is -0.200. The van der Waals surface area contributed by atoms with Crippen molar-refractivity contribution in [3.8, 4) is 0 Å². The van der Waals surface area contributed by atoms with Gasteiger partial charge in [-0.05, 0) is 25.8 Å². The van der Waals surface area contributed by atoms with Gasteiger partial charge in [0.15, 0.2) is 0 Å². The summed E-state index contributed by atoms with van der Waals surface area (Å²) in [4.78, 5) is 32.9. The van der Waals surface area contributed by atoms with Crippen LogP contribution in [0.15, 0.2) is 0 Å². The van der Waals surface area contributed by atoms with Gasteiger partial charge in [-0.25, -0.2) is 10.3 Å². The third kappa shape index (κ3) is 2.28. The molecule has 3 heterocycles. The van der Waals surface area contributed by atoms with Gasteiger partial charge in [0, 0.05) is 20.1 Å². The van der Waals surface area contributed by atoms with Crippen molar-refractivity contribution in [2.45, 2.75) is 37.5 Å². The summed E-state index contributed by atoms with van der Waals surface area (Å²) < 4.78 is 0. The molecule has 3 atom stereocenters. The number of hydrogen-bond acceptors (Lipinski definition) is 4. The molecular weight excluding hydrogens is 248 g/mol. The van der Waals surface area contributed by atoms with Crippen LogP contribution in [0.4, 0.5) is 4.79 Å². The van der Waals surface area contributed by atoms with Crippen LogP contribution < -0.4 is 10.8 Å². The number of fused-ring (bicyclic) bond motifs is 2. The van der Waals surface area contributed by atoms with Crippen LogP contribution in [0, 0.1) is 0 Å². The Morgan fingerprint density at radius 1 is 1.42 bits per heavy atom. The molecule has 0 aromatic carbocycles. The predicted octanol–water partition coefficient (Wildman–Crippen LogP) is -0.705. The van der Waals surface area contributed by atoms with Crippen LogP contribution in [0.25, 0.3) is 0 Å². The lowest BCUT2D eigenvalue weighted by Gasteiger charge is -2.29. The topological polar surface area (TPSA) is 73.9 Å². The van der Waals surface area contributed by atoms with Gasteiger partial charge >= 0.3 is 6.03 Å². The zero-order valence-corrected chi connectivity index (χ0v) is 11.1. The maximum absolute atomic E-state index is 12.1. The summed E-state index contributed by atoms with van der Waals surface area (Å²) in [6.07, 6.45) is 2.52. The van der Waals surface area contributed by atoms with Gasteiger partial charge in [0.05, 0.1) is 12.1 Å². The number of carbonyl (C=O) groups excluding carboxylic acids is 2. The van der Waals surface area contributed by atoms with E-state index in [1.807, 2.05) is 0 Å². The first-order valence-corrected chi connectivity index (χ1v) is 6.86. The number of nitrogens with zero attached hydrogens (tertiary/aromatic N) is 2. The summed E-state index contributed by atoms with van der Waals surface area (Å²) in [5, 5.41) is 3.17. The van der Waals surface area contributed by atoms with E-state index in [1.54, 1.807) is 16.8 Å². The normalized spacial score (nSPS) is 33.9. The fraction of sp³-hybridized carbons (Fsp3) is 0.833. The lowest BCUT2D eigenvalue weighted by atomic mass is 10.0. The number of hydrogen-bond donors (Lipinski definition) is 2. The highest BCUT2D eigenvalue weighted by Gasteiger charge is 2.45. The first-order valence-electron chi connectivity index (χ1n) is 6.86. The Kier molecular flexibility index (Phi) is 3.32. The number of likely N-dealkylation sites (N-methyl/N-ethyl adjacent to an activating group) is 1. The number of amides is 3. The molecule has 3 fully saturated rings. The minimum absolute atomic E-state index is 0.0391. The maximum Gasteiger partial charge on any atom is 0.320 e. The van der Waals surface area contributed by atoms with Crippen molar-refractivity contribution in [1.82, 2.24) is 20.6 Å². The van der Waals surface area contributed by atoms with Crippen LogP contribution in [0.3, 0.4) is 0 Å². The van der Waals surface area contributed by atoms with Crippen LogP contribution in [0.2, 0.25) is 0 Å². The van der Waals surface area contributed by atoms with Gasteiger partial charge in [-0.2, -0.15) is 0 Å². The molecule has 3 unspecified atom stereocenters. The standard InChI is InChI=1S/C12H20N4O3/c1-15-8-2-3-10(16(7-8)12(15)18)11(17)14-19-9-4-5-13-6-9/h8-10,13H,2-7H2,1H3,(H,14,17). The average molecular weight is 268 g/mol. The van der Waals surface area contributed by atoms with Crippen LogP contribution in [0.5, 0.6) is 0 Å². The van der Waals surface area contributed by atoms with Crippen LogP contribution in [0.1, 0.15) is 19.3 Å². The second-order valence-electron chi connectivity index (χ2n) is 5.49. The van der Waals surface area contributed by atoms with E-state index in [0.717, 1.165) is 25.9 Å². The predicted molar refractivity (Wildman–Crippen MR) is 67.2 cm³/mol. The van der Waals surface area contributed by atoms with Crippen LogP contribution in [-0.4, -0.2) is 66.6 Å². The molecule has 0 aliphatic carbocycles. The van der Waals surface area contributed by atoms with E-state index in [2.05, 4.69) is 10.8 Å². The smallest absolute Gasteiger partial charge is 0.320 e. The lowest BCUT2D eigenvalue weighted by Crippen LogP contribution is -2.50. The Bertz CT molecular complexity index is 383. The van der Waals surface area contributed by atoms with E-state index in [9.17, 15) is 9.59 Å². The monoisotopic (exact) mass is 268 g/mol. The van der Waals surface area contributed by atoms with Gasteiger partial charge in [0.1, 0.15) is 6.04 Å². The SMILES string of the molecule is CN1C(=O)N2CC1CCC2C(=O)NOC1CCNC1. The molecule has 7 nitrogen and oxygen atoms in total. The zero-order chi connectivity index (χ0) is 13.4. The highest BCUT2D eigenvalue weighted by Crippen LogP contribution is 2.28. The fourth-order valence-electron chi connectivity index (χ4n) is 3.05. The number of carbonyl (C=O) groups is 2. The van der Waals surface area contributed by atoms with Gasteiger partial charge in [-0.15, -0.1) is 0 Å². The molecule has 3 rings (SSSR count). The van der Waals surface area contributed by atoms with E-state index in [-0.39, 0.29) is 30.1 Å². The third-order valence-corrected chi connectivity index (χ3v) is 4.30. The number of rotatable bonds is 3. The van der Waals surface area contributed by atoms with Gasteiger partial charge < -0.3 is 15.1 Å². The van der Waals surface area contributed by atoms with Crippen molar-refractivity contribution in [1.29, 1.82) is 0 Å². The largest absolute Gasteiger partial charge is 0.323 e. The highest BCUT2D eigenvalue weighted by atomic mass is 16.7. The Labute approximate surface area is 112 Å². The molecule has 0 spiro atoms. The minimum atomic E-state index is -0.386. The Morgan fingerprint density at radius 2 is 2.26 bits per heavy atom. The van der Waals surface area contributed by atoms with E-state index >= 15 is 0 Å². The molecule has 3 aliphatic rings. The molecule has 3 aliphatic heterocycles. The van der Waals surface area contributed by atoms with Gasteiger partial charge in [0.2, 0.25) is 0 Å². The molecule has 0 aromatic heterocycles. The number of nitrogens with one attached hydrogen (secondary N) is 2. The molecule has 0 saturated carbocycles. The first-order chi connectivity index (χ1) is 9.16. The van der Waals surface area contributed by atoms with Gasteiger partial charge in [0.25, 0.3) is 5.91 Å². The van der Waals surface area contributed by atoms with Crippen molar-refractivity contribution < 1.29 is 14.4 Å². The zero-order valence-electron chi connectivity index (χ0n) is 11.1. The summed E-state index contributed by atoms with van der Waals surface area (Å²) >= 11 is 0. The Balaban J connectivity index is 1.56. The minimum Gasteiger partial charge on any atom is -0.323 e. The first kappa shape index (κ1) is 12.7. The quantitative estimate of drug-likeness (QED) is 0.664. The van der Waals surface area contributed by atoms with Crippen LogP contribution >= 0.6 is 0 Å². The molecule has 0 radical (unpaired) electrons. The molecule has 19 heavy (non-hydrogen) atoms. The van der Waals surface area contributed by atoms with E-state index < -0.39 is 0 Å².